The van der Waals surface area contributed by atoms with Gasteiger partial charge in [0.25, 0.3) is 0 Å². The number of benzene rings is 2. The predicted octanol–water partition coefficient (Wildman–Crippen LogP) is 6.26. The van der Waals surface area contributed by atoms with E-state index < -0.39 is 17.2 Å². The molecule has 0 unspecified atom stereocenters. The molecule has 0 amide bonds. The normalized spacial score (nSPS) is 20.2. The Hall–Kier alpha value is -2.21. The molecule has 0 heterocycles. The zero-order valence-corrected chi connectivity index (χ0v) is 14.6. The smallest absolute Gasteiger partial charge is 0.144 e. The quantitative estimate of drug-likeness (QED) is 0.644. The van der Waals surface area contributed by atoms with E-state index in [1.54, 1.807) is 6.07 Å². The van der Waals surface area contributed by atoms with Gasteiger partial charge in [0, 0.05) is 0 Å². The van der Waals surface area contributed by atoms with Crippen LogP contribution in [-0.2, 0) is 6.42 Å². The third kappa shape index (κ3) is 4.25. The molecule has 0 spiro atoms. The molecule has 1 aliphatic carbocycles. The van der Waals surface area contributed by atoms with Gasteiger partial charge < -0.3 is 0 Å². The Morgan fingerprint density at radius 3 is 2.12 bits per heavy atom. The summed E-state index contributed by atoms with van der Waals surface area (Å²) in [5, 5.41) is 8.75. The highest BCUT2D eigenvalue weighted by molar-refractivity contribution is 5.65. The summed E-state index contributed by atoms with van der Waals surface area (Å²) in [4.78, 5) is 0. The maximum atomic E-state index is 13.8. The minimum absolute atomic E-state index is 0.460. The van der Waals surface area contributed by atoms with Gasteiger partial charge in [0.2, 0.25) is 0 Å². The lowest BCUT2D eigenvalue weighted by Gasteiger charge is -2.26. The Labute approximate surface area is 148 Å². The fourth-order valence-electron chi connectivity index (χ4n) is 3.70. The molecule has 1 nitrogen and oxygen atoms in total. The molecule has 1 fully saturated rings. The monoisotopic (exact) mass is 339 g/mol. The van der Waals surface area contributed by atoms with Crippen molar-refractivity contribution < 1.29 is 8.78 Å². The van der Waals surface area contributed by atoms with Crippen molar-refractivity contribution in [2.75, 3.05) is 0 Å². The van der Waals surface area contributed by atoms with E-state index >= 15 is 0 Å². The van der Waals surface area contributed by atoms with Gasteiger partial charge in [0.05, 0.1) is 0 Å². The summed E-state index contributed by atoms with van der Waals surface area (Å²) in [7, 11) is 0. The van der Waals surface area contributed by atoms with Crippen LogP contribution in [0.2, 0.25) is 0 Å². The maximum absolute atomic E-state index is 13.8. The van der Waals surface area contributed by atoms with Gasteiger partial charge in [-0.25, -0.2) is 8.78 Å². The molecule has 130 valence electrons. The first-order chi connectivity index (χ1) is 12.1. The summed E-state index contributed by atoms with van der Waals surface area (Å²) in [6.45, 7) is 2.34. The van der Waals surface area contributed by atoms with Crippen molar-refractivity contribution in [3.05, 3.63) is 59.2 Å². The van der Waals surface area contributed by atoms with Crippen LogP contribution in [0.5, 0.6) is 0 Å². The number of halogens is 2. The van der Waals surface area contributed by atoms with Crippen molar-refractivity contribution in [1.82, 2.24) is 0 Å². The first kappa shape index (κ1) is 17.6. The molecule has 0 aromatic heterocycles. The second-order valence-corrected chi connectivity index (χ2v) is 7.29. The summed E-state index contributed by atoms with van der Waals surface area (Å²) < 4.78 is 27.5. The average Bonchev–Trinajstić information content (AvgIpc) is 2.61. The van der Waals surface area contributed by atoms with Crippen LogP contribution in [-0.4, -0.2) is 0 Å². The van der Waals surface area contributed by atoms with Crippen LogP contribution in [0, 0.1) is 34.8 Å². The largest absolute Gasteiger partial charge is 0.205 e. The van der Waals surface area contributed by atoms with Crippen LogP contribution < -0.4 is 0 Å². The molecule has 0 radical (unpaired) electrons. The van der Waals surface area contributed by atoms with Crippen molar-refractivity contribution in [3.8, 4) is 17.2 Å². The molecule has 3 heteroatoms. The molecular weight excluding hydrogens is 316 g/mol. The van der Waals surface area contributed by atoms with Gasteiger partial charge in [-0.1, -0.05) is 56.9 Å². The van der Waals surface area contributed by atoms with Gasteiger partial charge in [-0.15, -0.1) is 0 Å². The van der Waals surface area contributed by atoms with E-state index in [1.165, 1.54) is 49.8 Å². The van der Waals surface area contributed by atoms with E-state index in [1.807, 2.05) is 24.3 Å². The van der Waals surface area contributed by atoms with E-state index in [0.717, 1.165) is 23.8 Å². The molecule has 1 aliphatic rings. The summed E-state index contributed by atoms with van der Waals surface area (Å²) in [5.74, 6) is 0.0857. The van der Waals surface area contributed by atoms with E-state index in [4.69, 9.17) is 5.26 Å². The van der Waals surface area contributed by atoms with Gasteiger partial charge in [-0.2, -0.15) is 5.26 Å². The first-order valence-electron chi connectivity index (χ1n) is 9.05. The standard InChI is InChI=1S/C22H23F2N/c1-15-2-4-16(5-3-15)6-7-17-8-10-18(11-9-17)19-12-21(23)20(14-25)22(24)13-19/h8-13,15-16H,2-7H2,1H3/t15-,16-. The molecular formula is C22H23F2N. The van der Waals surface area contributed by atoms with Gasteiger partial charge in [-0.3, -0.25) is 0 Å². The zero-order valence-electron chi connectivity index (χ0n) is 14.6. The molecule has 2 aromatic carbocycles. The fourth-order valence-corrected chi connectivity index (χ4v) is 3.70. The van der Waals surface area contributed by atoms with Crippen molar-refractivity contribution in [3.63, 3.8) is 0 Å². The Balaban J connectivity index is 1.65. The molecule has 0 atom stereocenters. The highest BCUT2D eigenvalue weighted by atomic mass is 19.1. The van der Waals surface area contributed by atoms with Crippen LogP contribution >= 0.6 is 0 Å². The molecule has 0 bridgehead atoms. The average molecular weight is 339 g/mol. The highest BCUT2D eigenvalue weighted by Gasteiger charge is 2.18. The zero-order chi connectivity index (χ0) is 17.8. The minimum atomic E-state index is -0.812. The number of hydrogen-bond acceptors (Lipinski definition) is 1. The third-order valence-corrected chi connectivity index (χ3v) is 5.42. The number of rotatable bonds is 4. The molecule has 2 aromatic rings. The molecule has 1 saturated carbocycles. The second kappa shape index (κ2) is 7.78. The van der Waals surface area contributed by atoms with E-state index in [0.29, 0.717) is 5.56 Å². The molecule has 3 rings (SSSR count). The first-order valence-corrected chi connectivity index (χ1v) is 9.05. The SMILES string of the molecule is C[C@H]1CC[C@H](CCc2ccc(-c3cc(F)c(C#N)c(F)c3)cc2)CC1. The number of hydrogen-bond donors (Lipinski definition) is 0. The summed E-state index contributed by atoms with van der Waals surface area (Å²) in [5.41, 5.74) is 1.96. The van der Waals surface area contributed by atoms with Gasteiger partial charge >= 0.3 is 0 Å². The minimum Gasteiger partial charge on any atom is -0.205 e. The number of aryl methyl sites for hydroxylation is 1. The lowest BCUT2D eigenvalue weighted by molar-refractivity contribution is 0.278. The van der Waals surface area contributed by atoms with Crippen LogP contribution in [0.3, 0.4) is 0 Å². The second-order valence-electron chi connectivity index (χ2n) is 7.29. The lowest BCUT2D eigenvalue weighted by Crippen LogP contribution is -2.12. The summed E-state index contributed by atoms with van der Waals surface area (Å²) in [6.07, 6.45) is 7.63. The van der Waals surface area contributed by atoms with Gasteiger partial charge in [0.15, 0.2) is 0 Å². The maximum Gasteiger partial charge on any atom is 0.144 e. The van der Waals surface area contributed by atoms with Crippen molar-refractivity contribution in [1.29, 1.82) is 5.26 Å². The Morgan fingerprint density at radius 2 is 1.56 bits per heavy atom. The molecule has 25 heavy (non-hydrogen) atoms. The third-order valence-electron chi connectivity index (χ3n) is 5.42. The van der Waals surface area contributed by atoms with Crippen LogP contribution in [0.25, 0.3) is 11.1 Å². The van der Waals surface area contributed by atoms with E-state index in [-0.39, 0.29) is 0 Å². The Morgan fingerprint density at radius 1 is 0.960 bits per heavy atom. The summed E-state index contributed by atoms with van der Waals surface area (Å²) >= 11 is 0. The fraction of sp³-hybridized carbons (Fsp3) is 0.409. The van der Waals surface area contributed by atoms with Crippen LogP contribution in [0.1, 0.15) is 50.2 Å². The van der Waals surface area contributed by atoms with Gasteiger partial charge in [0.1, 0.15) is 23.3 Å². The van der Waals surface area contributed by atoms with Crippen molar-refractivity contribution >= 4 is 0 Å². The summed E-state index contributed by atoms with van der Waals surface area (Å²) in [6, 6.07) is 11.9. The topological polar surface area (TPSA) is 23.8 Å². The Kier molecular flexibility index (Phi) is 5.48. The van der Waals surface area contributed by atoms with Gasteiger partial charge in [-0.05, 0) is 53.5 Å². The number of nitriles is 1. The molecule has 0 saturated heterocycles. The van der Waals surface area contributed by atoms with Crippen LogP contribution in [0.4, 0.5) is 8.78 Å². The van der Waals surface area contributed by atoms with E-state index in [2.05, 4.69) is 6.92 Å². The van der Waals surface area contributed by atoms with E-state index in [9.17, 15) is 8.78 Å². The highest BCUT2D eigenvalue weighted by Crippen LogP contribution is 2.31. The van der Waals surface area contributed by atoms with Crippen LogP contribution in [0.15, 0.2) is 36.4 Å². The lowest BCUT2D eigenvalue weighted by atomic mass is 9.80. The number of nitrogens with zero attached hydrogens (tertiary/aromatic N) is 1. The van der Waals surface area contributed by atoms with Crippen molar-refractivity contribution in [2.24, 2.45) is 11.8 Å². The van der Waals surface area contributed by atoms with Crippen molar-refractivity contribution in [2.45, 2.75) is 45.4 Å². The predicted molar refractivity (Wildman–Crippen MR) is 96.0 cm³/mol. The molecule has 0 N–H and O–H groups in total. The molecule has 0 aliphatic heterocycles. The Bertz CT molecular complexity index is 743.